The molecule has 5 heterocycles. The highest BCUT2D eigenvalue weighted by Crippen LogP contribution is 2.34. The van der Waals surface area contributed by atoms with Gasteiger partial charge < -0.3 is 20.4 Å². The van der Waals surface area contributed by atoms with E-state index in [1.165, 1.54) is 16.9 Å². The minimum Gasteiger partial charge on any atom is -0.381 e. The summed E-state index contributed by atoms with van der Waals surface area (Å²) in [7, 11) is 4.29. The molecule has 2 atom stereocenters. The Morgan fingerprint density at radius 1 is 0.930 bits per heavy atom. The Balaban J connectivity index is 1.21. The van der Waals surface area contributed by atoms with Crippen LogP contribution in [0.4, 0.5) is 17.3 Å². The van der Waals surface area contributed by atoms with Crippen LogP contribution in [0.25, 0.3) is 27.3 Å². The van der Waals surface area contributed by atoms with Gasteiger partial charge in [0.15, 0.2) is 10.8 Å². The fourth-order valence-corrected chi connectivity index (χ4v) is 7.06. The minimum atomic E-state index is -0.227. The molecule has 43 heavy (non-hydrogen) atoms. The van der Waals surface area contributed by atoms with E-state index in [-0.39, 0.29) is 5.56 Å². The zero-order chi connectivity index (χ0) is 29.5. The fraction of sp³-hybridized carbons (Fsp3) is 0.312. The lowest BCUT2D eigenvalue weighted by molar-refractivity contribution is 0.411. The van der Waals surface area contributed by atoms with Crippen LogP contribution in [0.3, 0.4) is 0 Å². The van der Waals surface area contributed by atoms with Crippen LogP contribution in [0.15, 0.2) is 71.1 Å². The first kappa shape index (κ1) is 28.0. The highest BCUT2D eigenvalue weighted by Gasteiger charge is 2.23. The van der Waals surface area contributed by atoms with Gasteiger partial charge in [0.05, 0.1) is 0 Å². The zero-order valence-corrected chi connectivity index (χ0v) is 25.7. The third kappa shape index (κ3) is 5.75. The number of nitrogens with one attached hydrogen (secondary N) is 2. The van der Waals surface area contributed by atoms with Crippen LogP contribution in [-0.4, -0.2) is 75.6 Å². The number of halogens is 1. The van der Waals surface area contributed by atoms with E-state index in [4.69, 9.17) is 16.6 Å². The minimum absolute atomic E-state index is 0.227. The van der Waals surface area contributed by atoms with E-state index in [0.29, 0.717) is 50.2 Å². The van der Waals surface area contributed by atoms with E-state index in [9.17, 15) is 4.79 Å². The van der Waals surface area contributed by atoms with Crippen LogP contribution >= 0.6 is 22.9 Å². The van der Waals surface area contributed by atoms with Gasteiger partial charge in [-0.3, -0.25) is 4.79 Å². The standard InChI is InChI=1S/C32H33ClN8OS/c1-39-12-9-21(18-39)20-3-8-26(28(33)16-20)27-15-22-17-35-31(38-29(22)41(30(27)42)32-34-11-14-43-32)37-24-6-4-23(5-7-24)36-25-10-13-40(2)19-25/h3-8,11,14-17,21,25,36H,9-10,12-13,18-19H2,1-2H3,(H,35,37,38). The predicted octanol–water partition coefficient (Wildman–Crippen LogP) is 5.84. The number of likely N-dealkylation sites (tertiary alicyclic amines) is 2. The van der Waals surface area contributed by atoms with E-state index < -0.39 is 0 Å². The third-order valence-electron chi connectivity index (χ3n) is 8.40. The summed E-state index contributed by atoms with van der Waals surface area (Å²) >= 11 is 8.22. The number of hydrogen-bond acceptors (Lipinski definition) is 9. The van der Waals surface area contributed by atoms with E-state index in [0.717, 1.165) is 50.4 Å². The van der Waals surface area contributed by atoms with Crippen LogP contribution < -0.4 is 16.2 Å². The monoisotopic (exact) mass is 612 g/mol. The van der Waals surface area contributed by atoms with Gasteiger partial charge in [-0.1, -0.05) is 23.7 Å². The smallest absolute Gasteiger partial charge is 0.266 e. The lowest BCUT2D eigenvalue weighted by Gasteiger charge is -2.15. The van der Waals surface area contributed by atoms with Crippen molar-refractivity contribution in [1.29, 1.82) is 0 Å². The summed E-state index contributed by atoms with van der Waals surface area (Å²) in [5.41, 5.74) is 4.57. The lowest BCUT2D eigenvalue weighted by atomic mass is 9.95. The number of benzene rings is 2. The Morgan fingerprint density at radius 2 is 1.72 bits per heavy atom. The molecule has 7 rings (SSSR count). The number of likely N-dealkylation sites (N-methyl/N-ethyl adjacent to an activating group) is 2. The summed E-state index contributed by atoms with van der Waals surface area (Å²) in [5, 5.41) is 10.6. The molecular formula is C32H33ClN8OS. The molecule has 2 N–H and O–H groups in total. The number of aromatic nitrogens is 4. The molecule has 0 amide bonds. The second-order valence-electron chi connectivity index (χ2n) is 11.6. The van der Waals surface area contributed by atoms with Crippen LogP contribution in [0.2, 0.25) is 5.02 Å². The quantitative estimate of drug-likeness (QED) is 0.237. The molecule has 220 valence electrons. The first-order valence-electron chi connectivity index (χ1n) is 14.5. The maximum Gasteiger partial charge on any atom is 0.266 e. The van der Waals surface area contributed by atoms with E-state index in [1.807, 2.05) is 35.7 Å². The summed E-state index contributed by atoms with van der Waals surface area (Å²) in [6, 6.07) is 16.5. The highest BCUT2D eigenvalue weighted by molar-refractivity contribution is 7.12. The molecule has 2 aliphatic rings. The SMILES string of the molecule is CN1CCC(Nc2ccc(Nc3ncc4cc(-c5ccc(C6CCN(C)C6)cc5Cl)c(=O)n(-c5nccs5)c4n3)cc2)C1. The van der Waals surface area contributed by atoms with Gasteiger partial charge in [-0.05, 0) is 87.9 Å². The van der Waals surface area contributed by atoms with Crippen molar-refractivity contribution in [2.45, 2.75) is 24.8 Å². The van der Waals surface area contributed by atoms with Crippen molar-refractivity contribution in [3.8, 4) is 16.3 Å². The van der Waals surface area contributed by atoms with E-state index in [1.54, 1.807) is 17.0 Å². The number of thiazole rings is 1. The topological polar surface area (TPSA) is 91.2 Å². The average Bonchev–Trinajstić information content (AvgIpc) is 3.77. The molecule has 2 aliphatic heterocycles. The number of pyridine rings is 1. The Kier molecular flexibility index (Phi) is 7.60. The largest absolute Gasteiger partial charge is 0.381 e. The van der Waals surface area contributed by atoms with Crippen molar-refractivity contribution >= 4 is 51.3 Å². The molecule has 0 aliphatic carbocycles. The highest BCUT2D eigenvalue weighted by atomic mass is 35.5. The second-order valence-corrected chi connectivity index (χ2v) is 12.8. The predicted molar refractivity (Wildman–Crippen MR) is 175 cm³/mol. The molecular weight excluding hydrogens is 580 g/mol. The number of nitrogens with zero attached hydrogens (tertiary/aromatic N) is 6. The summed E-state index contributed by atoms with van der Waals surface area (Å²) in [4.78, 5) is 32.5. The number of fused-ring (bicyclic) bond motifs is 1. The first-order valence-corrected chi connectivity index (χ1v) is 15.8. The van der Waals surface area contributed by atoms with Gasteiger partial charge >= 0.3 is 0 Å². The molecule has 2 unspecified atom stereocenters. The zero-order valence-electron chi connectivity index (χ0n) is 24.1. The number of hydrogen-bond donors (Lipinski definition) is 2. The molecule has 0 saturated carbocycles. The molecule has 5 aromatic rings. The Labute approximate surface area is 259 Å². The molecule has 0 radical (unpaired) electrons. The van der Waals surface area contributed by atoms with Gasteiger partial charge in [0.1, 0.15) is 0 Å². The summed E-state index contributed by atoms with van der Waals surface area (Å²) in [6.45, 7) is 4.24. The second kappa shape index (κ2) is 11.7. The Hall–Kier alpha value is -3.83. The normalized spacial score (nSPS) is 19.3. The number of rotatable bonds is 7. The fourth-order valence-electron chi connectivity index (χ4n) is 6.13. The molecule has 2 aromatic carbocycles. The van der Waals surface area contributed by atoms with Crippen molar-refractivity contribution < 1.29 is 0 Å². The van der Waals surface area contributed by atoms with Gasteiger partial charge in [0.2, 0.25) is 5.95 Å². The van der Waals surface area contributed by atoms with Gasteiger partial charge in [-0.25, -0.2) is 14.5 Å². The van der Waals surface area contributed by atoms with E-state index in [2.05, 4.69) is 62.7 Å². The lowest BCUT2D eigenvalue weighted by Crippen LogP contribution is -2.23. The maximum absolute atomic E-state index is 14.1. The van der Waals surface area contributed by atoms with Crippen molar-refractivity contribution in [2.75, 3.05) is 50.9 Å². The molecule has 2 saturated heterocycles. The van der Waals surface area contributed by atoms with Gasteiger partial charge in [-0.15, -0.1) is 11.3 Å². The van der Waals surface area contributed by atoms with E-state index >= 15 is 0 Å². The maximum atomic E-state index is 14.1. The molecule has 0 spiro atoms. The molecule has 11 heteroatoms. The van der Waals surface area contributed by atoms with Gasteiger partial charge in [0, 0.05) is 69.8 Å². The van der Waals surface area contributed by atoms with Crippen LogP contribution in [-0.2, 0) is 0 Å². The summed E-state index contributed by atoms with van der Waals surface area (Å²) in [5.74, 6) is 0.841. The summed E-state index contributed by atoms with van der Waals surface area (Å²) < 4.78 is 1.56. The van der Waals surface area contributed by atoms with Gasteiger partial charge in [-0.2, -0.15) is 4.98 Å². The van der Waals surface area contributed by atoms with Crippen LogP contribution in [0, 0.1) is 0 Å². The van der Waals surface area contributed by atoms with Gasteiger partial charge in [0.25, 0.3) is 5.56 Å². The van der Waals surface area contributed by atoms with Crippen molar-refractivity contribution in [2.24, 2.45) is 0 Å². The molecule has 3 aromatic heterocycles. The van der Waals surface area contributed by atoms with Crippen molar-refractivity contribution in [3.63, 3.8) is 0 Å². The third-order valence-corrected chi connectivity index (χ3v) is 9.47. The van der Waals surface area contributed by atoms with Crippen molar-refractivity contribution in [3.05, 3.63) is 87.2 Å². The summed E-state index contributed by atoms with van der Waals surface area (Å²) in [6.07, 6.45) is 5.66. The first-order chi connectivity index (χ1) is 20.9. The Morgan fingerprint density at radius 3 is 2.42 bits per heavy atom. The molecule has 9 nitrogen and oxygen atoms in total. The number of anilines is 3. The average molecular weight is 613 g/mol. The van der Waals surface area contributed by atoms with Crippen LogP contribution in [0.1, 0.15) is 24.3 Å². The Bertz CT molecular complexity index is 1820. The van der Waals surface area contributed by atoms with Crippen molar-refractivity contribution in [1.82, 2.24) is 29.3 Å². The molecule has 2 fully saturated rings. The molecule has 0 bridgehead atoms. The van der Waals surface area contributed by atoms with Crippen LogP contribution in [0.5, 0.6) is 0 Å².